The summed E-state index contributed by atoms with van der Waals surface area (Å²) in [6, 6.07) is 13.3. The minimum atomic E-state index is 1.06. The van der Waals surface area contributed by atoms with Gasteiger partial charge in [-0.1, -0.05) is 13.3 Å². The highest BCUT2D eigenvalue weighted by atomic mass is 32.1. The Morgan fingerprint density at radius 1 is 1.00 bits per heavy atom. The van der Waals surface area contributed by atoms with Gasteiger partial charge in [0, 0.05) is 44.4 Å². The molecule has 0 saturated heterocycles. The summed E-state index contributed by atoms with van der Waals surface area (Å²) in [5.74, 6) is 0. The molecule has 1 aromatic rings. The largest absolute Gasteiger partial charge is 0.375 e. The highest BCUT2D eigenvalue weighted by Gasteiger charge is 2.11. The van der Waals surface area contributed by atoms with Gasteiger partial charge in [-0.3, -0.25) is 0 Å². The second-order valence-electron chi connectivity index (χ2n) is 7.87. The maximum absolute atomic E-state index is 4.89. The lowest BCUT2D eigenvalue weighted by atomic mass is 10.2. The van der Waals surface area contributed by atoms with E-state index >= 15 is 0 Å². The Kier molecular flexibility index (Phi) is 7.03. The van der Waals surface area contributed by atoms with Crippen molar-refractivity contribution >= 4 is 27.2 Å². The lowest BCUT2D eigenvalue weighted by Gasteiger charge is -2.19. The van der Waals surface area contributed by atoms with Crippen molar-refractivity contribution in [2.45, 2.75) is 26.2 Å². The van der Waals surface area contributed by atoms with Gasteiger partial charge in [-0.2, -0.15) is 0 Å². The second kappa shape index (κ2) is 9.48. The molecule has 0 radical (unpaired) electrons. The lowest BCUT2D eigenvalue weighted by Crippen LogP contribution is -2.28. The van der Waals surface area contributed by atoms with Crippen molar-refractivity contribution < 1.29 is 0 Å². The number of unbranched alkanes of at least 4 members (excludes halogenated alkanes) is 1. The molecule has 1 heterocycles. The number of anilines is 1. The zero-order chi connectivity index (χ0) is 20.1. The second-order valence-corrected chi connectivity index (χ2v) is 8.96. The molecule has 0 unspecified atom stereocenters. The Balaban J connectivity index is 1.93. The molecule has 5 heteroatoms. The topological polar surface area (TPSA) is 22.4 Å². The quantitative estimate of drug-likeness (QED) is 0.424. The first kappa shape index (κ1) is 20.7. The Hall–Kier alpha value is -1.98. The van der Waals surface area contributed by atoms with E-state index < -0.39 is 0 Å². The molecule has 3 rings (SSSR count). The predicted octanol–water partition coefficient (Wildman–Crippen LogP) is 3.99. The van der Waals surface area contributed by atoms with Gasteiger partial charge >= 0.3 is 0 Å². The molecule has 2 aliphatic rings. The number of hydrogen-bond donors (Lipinski definition) is 0. The van der Waals surface area contributed by atoms with Crippen LogP contribution in [0.25, 0.3) is 20.8 Å². The normalized spacial score (nSPS) is 12.8. The summed E-state index contributed by atoms with van der Waals surface area (Å²) in [5.41, 5.74) is 3.43. The highest BCUT2D eigenvalue weighted by molar-refractivity contribution is 7.21. The van der Waals surface area contributed by atoms with Crippen LogP contribution in [0.3, 0.4) is 0 Å². The highest BCUT2D eigenvalue weighted by Crippen LogP contribution is 2.31. The number of aromatic nitrogens is 1. The van der Waals surface area contributed by atoms with Crippen LogP contribution in [0, 0.1) is 0 Å². The molecule has 0 N–H and O–H groups in total. The monoisotopic (exact) mass is 397 g/mol. The molecule has 0 amide bonds. The van der Waals surface area contributed by atoms with E-state index in [1.54, 1.807) is 0 Å². The van der Waals surface area contributed by atoms with Crippen molar-refractivity contribution in [3.05, 3.63) is 41.8 Å². The Morgan fingerprint density at radius 2 is 1.82 bits per heavy atom. The number of fused-ring (bicyclic) bond motifs is 2. The zero-order valence-electron chi connectivity index (χ0n) is 17.9. The Bertz CT molecular complexity index is 960. The summed E-state index contributed by atoms with van der Waals surface area (Å²) in [6.45, 7) is 5.50. The van der Waals surface area contributed by atoms with Crippen molar-refractivity contribution in [3.8, 4) is 10.6 Å². The number of benzene rings is 2. The molecular formula is C23H33N4S+. The van der Waals surface area contributed by atoms with E-state index in [-0.39, 0.29) is 0 Å². The molecule has 1 aliphatic heterocycles. The minimum Gasteiger partial charge on any atom is -0.375 e. The summed E-state index contributed by atoms with van der Waals surface area (Å²) in [4.78, 5) is 10.7. The van der Waals surface area contributed by atoms with E-state index in [9.17, 15) is 0 Å². The van der Waals surface area contributed by atoms with Crippen molar-refractivity contribution in [3.63, 3.8) is 0 Å². The van der Waals surface area contributed by atoms with Gasteiger partial charge in [0.2, 0.25) is 5.36 Å². The molecule has 0 bridgehead atoms. The summed E-state index contributed by atoms with van der Waals surface area (Å²) < 4.78 is 3.59. The molecule has 1 aliphatic carbocycles. The standard InChI is InChI=1S/C23H33N4S/c1-6-7-14-26(4)18-9-11-20-22(16-18)28-23-17-19(10-12-21(23)24-20)27(5)15-8-13-25(2)3/h9-12,16-17H,6-8,13-15H2,1-5H3/q+1. The first-order valence-corrected chi connectivity index (χ1v) is 11.0. The van der Waals surface area contributed by atoms with Gasteiger partial charge in [-0.05, 0) is 44.8 Å². The van der Waals surface area contributed by atoms with Crippen LogP contribution in [0.4, 0.5) is 5.69 Å². The average Bonchev–Trinajstić information content (AvgIpc) is 2.69. The van der Waals surface area contributed by atoms with Crippen LogP contribution in [0.15, 0.2) is 36.4 Å². The van der Waals surface area contributed by atoms with E-state index in [4.69, 9.17) is 4.98 Å². The smallest absolute Gasteiger partial charge is 0.201 e. The van der Waals surface area contributed by atoms with E-state index in [2.05, 4.69) is 85.9 Å². The first-order valence-electron chi connectivity index (χ1n) is 10.2. The molecule has 0 saturated carbocycles. The zero-order valence-corrected chi connectivity index (χ0v) is 18.7. The van der Waals surface area contributed by atoms with Crippen LogP contribution in [0.5, 0.6) is 0 Å². The van der Waals surface area contributed by atoms with Crippen LogP contribution in [0.2, 0.25) is 0 Å². The molecule has 0 fully saturated rings. The maximum Gasteiger partial charge on any atom is 0.201 e. The Morgan fingerprint density at radius 3 is 2.57 bits per heavy atom. The van der Waals surface area contributed by atoms with Gasteiger partial charge < -0.3 is 9.80 Å². The van der Waals surface area contributed by atoms with Crippen LogP contribution in [-0.4, -0.2) is 57.7 Å². The van der Waals surface area contributed by atoms with Gasteiger partial charge in [-0.15, -0.1) is 11.3 Å². The molecule has 0 atom stereocenters. The van der Waals surface area contributed by atoms with Gasteiger partial charge in [0.05, 0.1) is 20.8 Å². The SMILES string of the molecule is CCCCN(C)c1ccc2nc3ccc(=[N+](C)CCCN(C)C)cc-3sc2c1. The van der Waals surface area contributed by atoms with Gasteiger partial charge in [0.25, 0.3) is 0 Å². The minimum absolute atomic E-state index is 1.06. The van der Waals surface area contributed by atoms with Crippen LogP contribution < -0.4 is 14.8 Å². The number of nitrogens with zero attached hydrogens (tertiary/aromatic N) is 4. The fourth-order valence-corrected chi connectivity index (χ4v) is 4.39. The fourth-order valence-electron chi connectivity index (χ4n) is 3.35. The van der Waals surface area contributed by atoms with Crippen molar-refractivity contribution in [2.75, 3.05) is 52.7 Å². The number of rotatable bonds is 8. The molecule has 4 nitrogen and oxygen atoms in total. The maximum atomic E-state index is 4.89. The van der Waals surface area contributed by atoms with Crippen molar-refractivity contribution in [1.29, 1.82) is 0 Å². The molecular weight excluding hydrogens is 364 g/mol. The van der Waals surface area contributed by atoms with E-state index in [0.29, 0.717) is 0 Å². The van der Waals surface area contributed by atoms with E-state index in [1.807, 2.05) is 11.3 Å². The van der Waals surface area contributed by atoms with E-state index in [0.717, 1.165) is 37.3 Å². The predicted molar refractivity (Wildman–Crippen MR) is 124 cm³/mol. The third-order valence-corrected chi connectivity index (χ3v) is 6.27. The van der Waals surface area contributed by atoms with Gasteiger partial charge in [-0.25, -0.2) is 9.56 Å². The van der Waals surface area contributed by atoms with E-state index in [1.165, 1.54) is 33.5 Å². The Labute approximate surface area is 173 Å². The van der Waals surface area contributed by atoms with Crippen LogP contribution >= 0.6 is 11.3 Å². The van der Waals surface area contributed by atoms with Gasteiger partial charge in [0.1, 0.15) is 13.6 Å². The third kappa shape index (κ3) is 5.09. The molecule has 0 aromatic heterocycles. The van der Waals surface area contributed by atoms with Crippen LogP contribution in [0.1, 0.15) is 26.2 Å². The van der Waals surface area contributed by atoms with Crippen molar-refractivity contribution in [1.82, 2.24) is 14.5 Å². The third-order valence-electron chi connectivity index (χ3n) is 5.18. The summed E-state index contributed by atoms with van der Waals surface area (Å²) in [6.07, 6.45) is 3.60. The fraction of sp³-hybridized carbons (Fsp3) is 0.478. The summed E-state index contributed by atoms with van der Waals surface area (Å²) in [7, 11) is 8.61. The van der Waals surface area contributed by atoms with Crippen molar-refractivity contribution in [2.24, 2.45) is 0 Å². The lowest BCUT2D eigenvalue weighted by molar-refractivity contribution is 0.391. The molecule has 150 valence electrons. The first-order chi connectivity index (χ1) is 13.5. The molecule has 28 heavy (non-hydrogen) atoms. The molecule has 0 spiro atoms. The molecule has 1 aromatic carbocycles. The van der Waals surface area contributed by atoms with Gasteiger partial charge in [0.15, 0.2) is 0 Å². The van der Waals surface area contributed by atoms with Crippen LogP contribution in [-0.2, 0) is 0 Å². The average molecular weight is 398 g/mol. The summed E-state index contributed by atoms with van der Waals surface area (Å²) in [5, 5.41) is 1.26. The summed E-state index contributed by atoms with van der Waals surface area (Å²) >= 11 is 1.84. The number of hydrogen-bond acceptors (Lipinski definition) is 4.